The first kappa shape index (κ1) is 12.0. The second-order valence-corrected chi connectivity index (χ2v) is 5.17. The maximum absolute atomic E-state index is 3.71. The quantitative estimate of drug-likeness (QED) is 0.662. The zero-order valence-corrected chi connectivity index (χ0v) is 10.0. The van der Waals surface area contributed by atoms with Gasteiger partial charge in [-0.25, -0.2) is 0 Å². The van der Waals surface area contributed by atoms with Gasteiger partial charge in [-0.1, -0.05) is 33.6 Å². The van der Waals surface area contributed by atoms with Crippen molar-refractivity contribution in [2.24, 2.45) is 5.41 Å². The van der Waals surface area contributed by atoms with Crippen molar-refractivity contribution < 1.29 is 0 Å². The molecule has 84 valence electrons. The van der Waals surface area contributed by atoms with Crippen LogP contribution in [0.15, 0.2) is 0 Å². The highest BCUT2D eigenvalue weighted by atomic mass is 15.0. The molecule has 1 fully saturated rings. The van der Waals surface area contributed by atoms with Crippen LogP contribution in [0.5, 0.6) is 0 Å². The van der Waals surface area contributed by atoms with E-state index in [1.54, 1.807) is 0 Å². The average Bonchev–Trinajstić information content (AvgIpc) is 2.14. The van der Waals surface area contributed by atoms with Crippen LogP contribution >= 0.6 is 0 Å². The highest BCUT2D eigenvalue weighted by Gasteiger charge is 2.31. The van der Waals surface area contributed by atoms with Crippen LogP contribution < -0.4 is 10.6 Å². The third-order valence-electron chi connectivity index (χ3n) is 3.30. The minimum absolute atomic E-state index is 0.421. The minimum Gasteiger partial charge on any atom is -0.316 e. The van der Waals surface area contributed by atoms with Crippen LogP contribution in [0.25, 0.3) is 0 Å². The van der Waals surface area contributed by atoms with Crippen LogP contribution in [0.2, 0.25) is 0 Å². The van der Waals surface area contributed by atoms with E-state index in [9.17, 15) is 0 Å². The summed E-state index contributed by atoms with van der Waals surface area (Å²) in [6.45, 7) is 10.5. The fourth-order valence-electron chi connectivity index (χ4n) is 2.20. The summed E-state index contributed by atoms with van der Waals surface area (Å²) in [5.74, 6) is 0. The maximum atomic E-state index is 3.71. The molecular formula is C12H26N2. The van der Waals surface area contributed by atoms with Crippen LogP contribution in [0, 0.1) is 5.41 Å². The van der Waals surface area contributed by atoms with E-state index >= 15 is 0 Å². The van der Waals surface area contributed by atoms with Gasteiger partial charge in [-0.05, 0) is 31.3 Å². The Labute approximate surface area is 88.8 Å². The molecule has 14 heavy (non-hydrogen) atoms. The molecular weight excluding hydrogens is 172 g/mol. The lowest BCUT2D eigenvalue weighted by Gasteiger charge is -2.39. The van der Waals surface area contributed by atoms with Crippen LogP contribution in [0.1, 0.15) is 46.5 Å². The molecule has 1 saturated heterocycles. The lowest BCUT2D eigenvalue weighted by molar-refractivity contribution is 0.185. The van der Waals surface area contributed by atoms with Crippen LogP contribution in [-0.2, 0) is 0 Å². The summed E-state index contributed by atoms with van der Waals surface area (Å²) in [7, 11) is 0. The van der Waals surface area contributed by atoms with E-state index in [0.29, 0.717) is 11.5 Å². The number of hydrogen-bond donors (Lipinski definition) is 2. The zero-order valence-electron chi connectivity index (χ0n) is 10.0. The molecule has 0 aromatic rings. The van der Waals surface area contributed by atoms with E-state index in [2.05, 4.69) is 31.4 Å². The molecule has 0 aromatic heterocycles. The Balaban J connectivity index is 2.20. The maximum Gasteiger partial charge on any atom is 0.0142 e. The number of unbranched alkanes of at least 4 members (excludes halogenated alkanes) is 2. The van der Waals surface area contributed by atoms with E-state index in [4.69, 9.17) is 0 Å². The molecule has 1 atom stereocenters. The molecule has 0 radical (unpaired) electrons. The molecule has 0 amide bonds. The van der Waals surface area contributed by atoms with Gasteiger partial charge in [0.25, 0.3) is 0 Å². The van der Waals surface area contributed by atoms with Crippen molar-refractivity contribution in [1.29, 1.82) is 0 Å². The van der Waals surface area contributed by atoms with Gasteiger partial charge in [0, 0.05) is 12.6 Å². The van der Waals surface area contributed by atoms with Crippen molar-refractivity contribution in [2.45, 2.75) is 52.5 Å². The molecule has 2 nitrogen and oxygen atoms in total. The second kappa shape index (κ2) is 5.72. The number of hydrogen-bond acceptors (Lipinski definition) is 2. The van der Waals surface area contributed by atoms with Crippen molar-refractivity contribution in [3.8, 4) is 0 Å². The molecule has 0 aromatic carbocycles. The Morgan fingerprint density at radius 1 is 1.36 bits per heavy atom. The van der Waals surface area contributed by atoms with E-state index < -0.39 is 0 Å². The van der Waals surface area contributed by atoms with Crippen molar-refractivity contribution in [2.75, 3.05) is 19.6 Å². The third kappa shape index (κ3) is 3.58. The summed E-state index contributed by atoms with van der Waals surface area (Å²) in [5.41, 5.74) is 0.421. The van der Waals surface area contributed by atoms with E-state index in [1.165, 1.54) is 38.8 Å². The first-order chi connectivity index (χ1) is 6.67. The van der Waals surface area contributed by atoms with Gasteiger partial charge in [0.05, 0.1) is 0 Å². The Morgan fingerprint density at radius 3 is 2.79 bits per heavy atom. The molecule has 2 heteroatoms. The Hall–Kier alpha value is -0.0800. The monoisotopic (exact) mass is 198 g/mol. The van der Waals surface area contributed by atoms with Gasteiger partial charge in [-0.2, -0.15) is 0 Å². The van der Waals surface area contributed by atoms with E-state index in [1.807, 2.05) is 0 Å². The lowest BCUT2D eigenvalue weighted by atomic mass is 9.80. The fraction of sp³-hybridized carbons (Fsp3) is 1.00. The lowest BCUT2D eigenvalue weighted by Crippen LogP contribution is -2.53. The second-order valence-electron chi connectivity index (χ2n) is 5.17. The average molecular weight is 198 g/mol. The summed E-state index contributed by atoms with van der Waals surface area (Å²) in [6.07, 6.45) is 5.28. The first-order valence-corrected chi connectivity index (χ1v) is 6.11. The van der Waals surface area contributed by atoms with Gasteiger partial charge in [0.1, 0.15) is 0 Å². The highest BCUT2D eigenvalue weighted by molar-refractivity contribution is 4.90. The van der Waals surface area contributed by atoms with Gasteiger partial charge in [0.15, 0.2) is 0 Å². The van der Waals surface area contributed by atoms with E-state index in [0.717, 1.165) is 6.54 Å². The summed E-state index contributed by atoms with van der Waals surface area (Å²) < 4.78 is 0. The van der Waals surface area contributed by atoms with Crippen LogP contribution in [0.4, 0.5) is 0 Å². The van der Waals surface area contributed by atoms with Crippen molar-refractivity contribution >= 4 is 0 Å². The molecule has 0 bridgehead atoms. The summed E-state index contributed by atoms with van der Waals surface area (Å²) in [5, 5.41) is 7.17. The predicted molar refractivity (Wildman–Crippen MR) is 62.6 cm³/mol. The Morgan fingerprint density at radius 2 is 2.14 bits per heavy atom. The first-order valence-electron chi connectivity index (χ1n) is 6.11. The SMILES string of the molecule is CCCCCNC1CCNCC1(C)C. The number of rotatable bonds is 5. The molecule has 0 saturated carbocycles. The molecule has 1 rings (SSSR count). The Bertz CT molecular complexity index is 154. The zero-order chi connectivity index (χ0) is 10.4. The molecule has 1 unspecified atom stereocenters. The van der Waals surface area contributed by atoms with Crippen molar-refractivity contribution in [3.63, 3.8) is 0 Å². The summed E-state index contributed by atoms with van der Waals surface area (Å²) in [6, 6.07) is 0.709. The van der Waals surface area contributed by atoms with Crippen LogP contribution in [-0.4, -0.2) is 25.7 Å². The van der Waals surface area contributed by atoms with Crippen molar-refractivity contribution in [3.05, 3.63) is 0 Å². The van der Waals surface area contributed by atoms with Crippen LogP contribution in [0.3, 0.4) is 0 Å². The van der Waals surface area contributed by atoms with E-state index in [-0.39, 0.29) is 0 Å². The van der Waals surface area contributed by atoms with Gasteiger partial charge in [-0.3, -0.25) is 0 Å². The smallest absolute Gasteiger partial charge is 0.0142 e. The number of nitrogens with one attached hydrogen (secondary N) is 2. The third-order valence-corrected chi connectivity index (χ3v) is 3.30. The highest BCUT2D eigenvalue weighted by Crippen LogP contribution is 2.24. The normalized spacial score (nSPS) is 26.4. The van der Waals surface area contributed by atoms with Gasteiger partial charge in [-0.15, -0.1) is 0 Å². The Kier molecular flexibility index (Phi) is 4.90. The minimum atomic E-state index is 0.421. The summed E-state index contributed by atoms with van der Waals surface area (Å²) >= 11 is 0. The molecule has 0 spiro atoms. The largest absolute Gasteiger partial charge is 0.316 e. The molecule has 0 aliphatic carbocycles. The predicted octanol–water partition coefficient (Wildman–Crippen LogP) is 2.15. The molecule has 1 heterocycles. The summed E-state index contributed by atoms with van der Waals surface area (Å²) in [4.78, 5) is 0. The molecule has 1 aliphatic heterocycles. The standard InChI is InChI=1S/C12H26N2/c1-4-5-6-8-14-11-7-9-13-10-12(11,2)3/h11,13-14H,4-10H2,1-3H3. The van der Waals surface area contributed by atoms with Crippen molar-refractivity contribution in [1.82, 2.24) is 10.6 Å². The molecule has 1 aliphatic rings. The topological polar surface area (TPSA) is 24.1 Å². The van der Waals surface area contributed by atoms with Gasteiger partial charge >= 0.3 is 0 Å². The van der Waals surface area contributed by atoms with Gasteiger partial charge in [0.2, 0.25) is 0 Å². The molecule has 2 N–H and O–H groups in total. The fourth-order valence-corrected chi connectivity index (χ4v) is 2.20. The number of piperidine rings is 1. The van der Waals surface area contributed by atoms with Gasteiger partial charge < -0.3 is 10.6 Å².